The molecule has 0 aliphatic rings. The van der Waals surface area contributed by atoms with Crippen LogP contribution in [-0.4, -0.2) is 41.0 Å². The van der Waals surface area contributed by atoms with Crippen molar-refractivity contribution in [2.75, 3.05) is 19.5 Å². The molecule has 2 aromatic rings. The number of rotatable bonds is 6. The highest BCUT2D eigenvalue weighted by atomic mass is 16.5. The van der Waals surface area contributed by atoms with Crippen molar-refractivity contribution in [2.24, 2.45) is 0 Å². The molecule has 2 N–H and O–H groups in total. The Morgan fingerprint density at radius 2 is 1.87 bits per heavy atom. The Hall–Kier alpha value is -3.03. The Morgan fingerprint density at radius 3 is 2.39 bits per heavy atom. The lowest BCUT2D eigenvalue weighted by molar-refractivity contribution is -0.137. The van der Waals surface area contributed by atoms with E-state index in [4.69, 9.17) is 14.6 Å². The van der Waals surface area contributed by atoms with Crippen molar-refractivity contribution in [2.45, 2.75) is 13.5 Å². The average molecular weight is 319 g/mol. The maximum absolute atomic E-state index is 12.3. The Bertz CT molecular complexity index is 713. The number of anilines is 1. The number of methoxy groups -OCH3 is 2. The number of nitrogens with one attached hydrogen (secondary N) is 1. The first-order valence-corrected chi connectivity index (χ1v) is 6.72. The van der Waals surface area contributed by atoms with Crippen molar-refractivity contribution in [1.82, 2.24) is 9.78 Å². The Kier molecular flexibility index (Phi) is 4.85. The summed E-state index contributed by atoms with van der Waals surface area (Å²) in [6.07, 6.45) is 2.82. The topological polar surface area (TPSA) is 103 Å². The molecule has 1 aromatic carbocycles. The lowest BCUT2D eigenvalue weighted by atomic mass is 10.1. The number of hydrogen-bond donors (Lipinski definition) is 2. The van der Waals surface area contributed by atoms with Gasteiger partial charge in [0.1, 0.15) is 18.0 Å². The van der Waals surface area contributed by atoms with Crippen LogP contribution in [0.3, 0.4) is 0 Å². The highest BCUT2D eigenvalue weighted by Gasteiger charge is 2.14. The van der Waals surface area contributed by atoms with Gasteiger partial charge < -0.3 is 19.9 Å². The van der Waals surface area contributed by atoms with Crippen LogP contribution in [0.5, 0.6) is 11.5 Å². The van der Waals surface area contributed by atoms with Crippen molar-refractivity contribution < 1.29 is 24.2 Å². The fraction of sp³-hybridized carbons (Fsp3) is 0.267. The fourth-order valence-electron chi connectivity index (χ4n) is 2.07. The molecule has 0 aliphatic carbocycles. The molecule has 122 valence electrons. The second-order valence-electron chi connectivity index (χ2n) is 4.78. The second-order valence-corrected chi connectivity index (χ2v) is 4.78. The van der Waals surface area contributed by atoms with Gasteiger partial charge in [-0.3, -0.25) is 14.3 Å². The highest BCUT2D eigenvalue weighted by molar-refractivity contribution is 6.04. The first-order valence-electron chi connectivity index (χ1n) is 6.72. The number of hydrogen-bond acceptors (Lipinski definition) is 5. The number of carboxylic acids is 1. The molecule has 0 atom stereocenters. The first kappa shape index (κ1) is 16.3. The molecule has 0 aliphatic heterocycles. The number of carboxylic acid groups (broad SMARTS) is 1. The van der Waals surface area contributed by atoms with Gasteiger partial charge in [-0.15, -0.1) is 0 Å². The van der Waals surface area contributed by atoms with Gasteiger partial charge >= 0.3 is 5.97 Å². The normalized spacial score (nSPS) is 10.2. The molecule has 1 aromatic heterocycles. The van der Waals surface area contributed by atoms with Crippen molar-refractivity contribution in [3.05, 3.63) is 35.7 Å². The van der Waals surface area contributed by atoms with Crippen LogP contribution < -0.4 is 14.8 Å². The molecule has 23 heavy (non-hydrogen) atoms. The lowest BCUT2D eigenvalue weighted by Gasteiger charge is -2.12. The highest BCUT2D eigenvalue weighted by Crippen LogP contribution is 2.29. The van der Waals surface area contributed by atoms with Gasteiger partial charge in [0.25, 0.3) is 5.91 Å². The summed E-state index contributed by atoms with van der Waals surface area (Å²) in [5.74, 6) is -0.317. The van der Waals surface area contributed by atoms with E-state index < -0.39 is 5.97 Å². The quantitative estimate of drug-likeness (QED) is 0.837. The zero-order chi connectivity index (χ0) is 17.0. The molecule has 0 radical (unpaired) electrons. The summed E-state index contributed by atoms with van der Waals surface area (Å²) in [5.41, 5.74) is 1.55. The second kappa shape index (κ2) is 6.82. The minimum Gasteiger partial charge on any atom is -0.496 e. The van der Waals surface area contributed by atoms with Crippen LogP contribution in [0.15, 0.2) is 24.5 Å². The monoisotopic (exact) mass is 319 g/mol. The van der Waals surface area contributed by atoms with E-state index in [-0.39, 0.29) is 12.5 Å². The minimum absolute atomic E-state index is 0.276. The van der Waals surface area contributed by atoms with E-state index in [9.17, 15) is 9.59 Å². The Balaban J connectivity index is 2.20. The fourth-order valence-corrected chi connectivity index (χ4v) is 2.07. The van der Waals surface area contributed by atoms with E-state index in [0.717, 1.165) is 5.56 Å². The van der Waals surface area contributed by atoms with E-state index in [1.165, 1.54) is 31.3 Å². The third kappa shape index (κ3) is 3.79. The zero-order valence-electron chi connectivity index (χ0n) is 13.0. The van der Waals surface area contributed by atoms with Gasteiger partial charge in [0.15, 0.2) is 0 Å². The third-order valence-corrected chi connectivity index (χ3v) is 3.20. The van der Waals surface area contributed by atoms with E-state index >= 15 is 0 Å². The summed E-state index contributed by atoms with van der Waals surface area (Å²) < 4.78 is 11.7. The van der Waals surface area contributed by atoms with E-state index in [1.54, 1.807) is 12.1 Å². The molecule has 8 nitrogen and oxygen atoms in total. The molecule has 2 rings (SSSR count). The first-order chi connectivity index (χ1) is 10.9. The van der Waals surface area contributed by atoms with Gasteiger partial charge in [-0.1, -0.05) is 0 Å². The molecule has 0 bridgehead atoms. The SMILES string of the molecule is COc1cc(C(=O)Nc2cnn(CC(=O)O)c2)cc(OC)c1C. The standard InChI is InChI=1S/C15H17N3O5/c1-9-12(22-2)4-10(5-13(9)23-3)15(21)17-11-6-16-18(7-11)8-14(19)20/h4-7H,8H2,1-3H3,(H,17,21)(H,19,20). The van der Waals surface area contributed by atoms with Crippen molar-refractivity contribution in [3.8, 4) is 11.5 Å². The number of carbonyl (C=O) groups excluding carboxylic acids is 1. The molecule has 8 heteroatoms. The number of benzene rings is 1. The molecule has 0 saturated carbocycles. The van der Waals surface area contributed by atoms with Crippen LogP contribution in [0.2, 0.25) is 0 Å². The summed E-state index contributed by atoms with van der Waals surface area (Å²) in [6.45, 7) is 1.55. The average Bonchev–Trinajstić information content (AvgIpc) is 2.93. The van der Waals surface area contributed by atoms with Crippen LogP contribution in [0.25, 0.3) is 0 Å². The molecular formula is C15H17N3O5. The lowest BCUT2D eigenvalue weighted by Crippen LogP contribution is -2.12. The van der Waals surface area contributed by atoms with Gasteiger partial charge in [-0.2, -0.15) is 5.10 Å². The van der Waals surface area contributed by atoms with Gasteiger partial charge in [0, 0.05) is 17.3 Å². The van der Waals surface area contributed by atoms with E-state index in [1.807, 2.05) is 6.92 Å². The predicted molar refractivity (Wildman–Crippen MR) is 82.1 cm³/mol. The van der Waals surface area contributed by atoms with Crippen molar-refractivity contribution >= 4 is 17.6 Å². The summed E-state index contributed by atoms with van der Waals surface area (Å²) >= 11 is 0. The van der Waals surface area contributed by atoms with Crippen LogP contribution >= 0.6 is 0 Å². The van der Waals surface area contributed by atoms with E-state index in [2.05, 4.69) is 10.4 Å². The number of aromatic nitrogens is 2. The van der Waals surface area contributed by atoms with Crippen LogP contribution in [-0.2, 0) is 11.3 Å². The molecule has 0 fully saturated rings. The van der Waals surface area contributed by atoms with Gasteiger partial charge in [-0.25, -0.2) is 0 Å². The number of aliphatic carboxylic acids is 1. The summed E-state index contributed by atoms with van der Waals surface area (Å²) in [6, 6.07) is 3.21. The van der Waals surface area contributed by atoms with Gasteiger partial charge in [-0.05, 0) is 19.1 Å². The van der Waals surface area contributed by atoms with Crippen LogP contribution in [0.1, 0.15) is 15.9 Å². The number of amides is 1. The smallest absolute Gasteiger partial charge is 0.325 e. The van der Waals surface area contributed by atoms with Gasteiger partial charge in [0.2, 0.25) is 0 Å². The molecule has 0 spiro atoms. The number of carbonyl (C=O) groups is 2. The molecule has 1 amide bonds. The summed E-state index contributed by atoms with van der Waals surface area (Å²) in [7, 11) is 3.03. The summed E-state index contributed by atoms with van der Waals surface area (Å²) in [5, 5.41) is 15.2. The van der Waals surface area contributed by atoms with Crippen LogP contribution in [0, 0.1) is 6.92 Å². The zero-order valence-corrected chi connectivity index (χ0v) is 13.0. The maximum Gasteiger partial charge on any atom is 0.325 e. The van der Waals surface area contributed by atoms with E-state index in [0.29, 0.717) is 22.7 Å². The molecule has 0 saturated heterocycles. The maximum atomic E-state index is 12.3. The summed E-state index contributed by atoms with van der Waals surface area (Å²) in [4.78, 5) is 22.9. The molecule has 0 unspecified atom stereocenters. The molecule has 1 heterocycles. The Morgan fingerprint density at radius 1 is 1.26 bits per heavy atom. The largest absolute Gasteiger partial charge is 0.496 e. The number of nitrogens with zero attached hydrogens (tertiary/aromatic N) is 2. The third-order valence-electron chi connectivity index (χ3n) is 3.20. The van der Waals surface area contributed by atoms with Crippen molar-refractivity contribution in [3.63, 3.8) is 0 Å². The Labute approximate surface area is 132 Å². The predicted octanol–water partition coefficient (Wildman–Crippen LogP) is 1.55. The number of ether oxygens (including phenoxy) is 2. The van der Waals surface area contributed by atoms with Gasteiger partial charge in [0.05, 0.1) is 26.1 Å². The minimum atomic E-state index is -1.01. The molecular weight excluding hydrogens is 302 g/mol. The van der Waals surface area contributed by atoms with Crippen molar-refractivity contribution in [1.29, 1.82) is 0 Å². The van der Waals surface area contributed by atoms with Crippen LogP contribution in [0.4, 0.5) is 5.69 Å².